The van der Waals surface area contributed by atoms with Crippen molar-refractivity contribution in [2.24, 2.45) is 5.92 Å². The van der Waals surface area contributed by atoms with Gasteiger partial charge < -0.3 is 4.98 Å². The number of nitrogens with zero attached hydrogens (tertiary/aromatic N) is 3. The summed E-state index contributed by atoms with van der Waals surface area (Å²) < 4.78 is 0. The van der Waals surface area contributed by atoms with Gasteiger partial charge in [0.25, 0.3) is 0 Å². The monoisotopic (exact) mass is 284 g/mol. The predicted molar refractivity (Wildman–Crippen MR) is 84.0 cm³/mol. The van der Waals surface area contributed by atoms with Gasteiger partial charge in [-0.15, -0.1) is 0 Å². The fourth-order valence-corrected chi connectivity index (χ4v) is 3.17. The van der Waals surface area contributed by atoms with Crippen molar-refractivity contribution < 1.29 is 0 Å². The van der Waals surface area contributed by atoms with Gasteiger partial charge in [-0.3, -0.25) is 9.88 Å². The average molecular weight is 284 g/mol. The van der Waals surface area contributed by atoms with Crippen LogP contribution < -0.4 is 0 Å². The zero-order chi connectivity index (χ0) is 14.7. The van der Waals surface area contributed by atoms with Gasteiger partial charge in [0.2, 0.25) is 0 Å². The van der Waals surface area contributed by atoms with Crippen molar-refractivity contribution in [3.8, 4) is 0 Å². The molecule has 0 spiro atoms. The minimum Gasteiger partial charge on any atom is -0.346 e. The molecule has 112 valence electrons. The molecule has 1 aliphatic heterocycles. The molecule has 2 aromatic rings. The first-order valence-corrected chi connectivity index (χ1v) is 7.90. The van der Waals surface area contributed by atoms with E-state index < -0.39 is 0 Å². The fourth-order valence-electron chi connectivity index (χ4n) is 3.17. The number of hydrogen-bond donors (Lipinski definition) is 1. The minimum absolute atomic E-state index is 0.749. The van der Waals surface area contributed by atoms with Gasteiger partial charge >= 0.3 is 0 Å². The summed E-state index contributed by atoms with van der Waals surface area (Å²) in [4.78, 5) is 14.8. The van der Waals surface area contributed by atoms with Crippen LogP contribution in [0.2, 0.25) is 0 Å². The molecule has 3 rings (SSSR count). The van der Waals surface area contributed by atoms with Gasteiger partial charge in [-0.25, -0.2) is 4.98 Å². The van der Waals surface area contributed by atoms with Crippen LogP contribution in [-0.2, 0) is 19.4 Å². The van der Waals surface area contributed by atoms with E-state index in [1.165, 1.54) is 36.5 Å². The Morgan fingerprint density at radius 3 is 3.05 bits per heavy atom. The topological polar surface area (TPSA) is 44.8 Å². The van der Waals surface area contributed by atoms with Crippen LogP contribution in [-0.4, -0.2) is 32.9 Å². The number of likely N-dealkylation sites (tertiary alicyclic amines) is 1. The molecule has 2 aromatic heterocycles. The largest absolute Gasteiger partial charge is 0.346 e. The highest BCUT2D eigenvalue weighted by molar-refractivity contribution is 5.14. The first kappa shape index (κ1) is 14.3. The molecule has 0 radical (unpaired) electrons. The molecule has 1 atom stereocenters. The number of rotatable bonds is 5. The van der Waals surface area contributed by atoms with Crippen molar-refractivity contribution in [2.45, 2.75) is 39.7 Å². The van der Waals surface area contributed by atoms with Gasteiger partial charge in [0.05, 0.1) is 5.69 Å². The second-order valence-electron chi connectivity index (χ2n) is 6.06. The molecular formula is C17H24N4. The van der Waals surface area contributed by atoms with Crippen LogP contribution in [0.3, 0.4) is 0 Å². The van der Waals surface area contributed by atoms with Crippen LogP contribution >= 0.6 is 0 Å². The lowest BCUT2D eigenvalue weighted by atomic mass is 10.0. The predicted octanol–water partition coefficient (Wildman–Crippen LogP) is 2.74. The van der Waals surface area contributed by atoms with E-state index in [1.54, 1.807) is 0 Å². The number of aromatic amines is 1. The normalized spacial score (nSPS) is 19.2. The number of aryl methyl sites for hydroxylation is 2. The molecule has 0 saturated carbocycles. The number of aromatic nitrogens is 3. The Morgan fingerprint density at radius 1 is 1.43 bits per heavy atom. The van der Waals surface area contributed by atoms with Gasteiger partial charge in [0.1, 0.15) is 5.82 Å². The van der Waals surface area contributed by atoms with Crippen molar-refractivity contribution in [1.82, 2.24) is 19.9 Å². The number of nitrogens with one attached hydrogen (secondary N) is 1. The van der Waals surface area contributed by atoms with Crippen LogP contribution in [0.5, 0.6) is 0 Å². The second kappa shape index (κ2) is 6.39. The quantitative estimate of drug-likeness (QED) is 0.918. The Labute approximate surface area is 126 Å². The number of imidazole rings is 1. The lowest BCUT2D eigenvalue weighted by Crippen LogP contribution is -2.21. The molecule has 4 heteroatoms. The third-order valence-electron chi connectivity index (χ3n) is 4.36. The minimum atomic E-state index is 0.749. The highest BCUT2D eigenvalue weighted by Gasteiger charge is 2.23. The summed E-state index contributed by atoms with van der Waals surface area (Å²) in [7, 11) is 0. The molecule has 0 aromatic carbocycles. The Hall–Kier alpha value is -1.68. The van der Waals surface area contributed by atoms with E-state index in [9.17, 15) is 0 Å². The van der Waals surface area contributed by atoms with Crippen LogP contribution in [0.1, 0.15) is 36.1 Å². The van der Waals surface area contributed by atoms with E-state index in [2.05, 4.69) is 34.8 Å². The number of H-pyrrole nitrogens is 1. The first-order valence-electron chi connectivity index (χ1n) is 7.90. The van der Waals surface area contributed by atoms with Gasteiger partial charge in [-0.05, 0) is 43.9 Å². The molecule has 21 heavy (non-hydrogen) atoms. The summed E-state index contributed by atoms with van der Waals surface area (Å²) in [6.07, 6.45) is 7.23. The van der Waals surface area contributed by atoms with Crippen LogP contribution in [0.4, 0.5) is 0 Å². The van der Waals surface area contributed by atoms with E-state index in [-0.39, 0.29) is 0 Å². The summed E-state index contributed by atoms with van der Waals surface area (Å²) in [5.41, 5.74) is 3.80. The maximum Gasteiger partial charge on any atom is 0.106 e. The maximum absolute atomic E-state index is 4.69. The molecule has 1 saturated heterocycles. The van der Waals surface area contributed by atoms with Gasteiger partial charge in [0, 0.05) is 37.6 Å². The third kappa shape index (κ3) is 3.50. The maximum atomic E-state index is 4.69. The molecule has 1 fully saturated rings. The number of pyridine rings is 1. The van der Waals surface area contributed by atoms with Gasteiger partial charge in [0.15, 0.2) is 0 Å². The summed E-state index contributed by atoms with van der Waals surface area (Å²) in [6.45, 7) is 7.60. The molecule has 0 bridgehead atoms. The number of hydrogen-bond acceptors (Lipinski definition) is 3. The standard InChI is InChI=1S/C17H24N4/c1-3-17-19-13(2)16(20-17)12-21-8-6-15(11-21)9-14-5-4-7-18-10-14/h4-5,7,10,15H,3,6,8-9,11-12H2,1-2H3,(H,19,20). The van der Waals surface area contributed by atoms with Crippen molar-refractivity contribution >= 4 is 0 Å². The Morgan fingerprint density at radius 2 is 2.33 bits per heavy atom. The lowest BCUT2D eigenvalue weighted by Gasteiger charge is -2.15. The molecule has 1 aliphatic rings. The zero-order valence-electron chi connectivity index (χ0n) is 13.0. The highest BCUT2D eigenvalue weighted by Crippen LogP contribution is 2.22. The summed E-state index contributed by atoms with van der Waals surface area (Å²) in [5.74, 6) is 1.85. The average Bonchev–Trinajstić information content (AvgIpc) is 3.08. The van der Waals surface area contributed by atoms with Crippen LogP contribution in [0.15, 0.2) is 24.5 Å². The zero-order valence-corrected chi connectivity index (χ0v) is 13.0. The summed E-state index contributed by atoms with van der Waals surface area (Å²) in [6, 6.07) is 4.21. The third-order valence-corrected chi connectivity index (χ3v) is 4.36. The smallest absolute Gasteiger partial charge is 0.106 e. The molecule has 0 amide bonds. The first-order chi connectivity index (χ1) is 10.2. The SMILES string of the molecule is CCc1nc(CN2CCC(Cc3cccnc3)C2)c(C)[nH]1. The van der Waals surface area contributed by atoms with E-state index in [0.29, 0.717) is 0 Å². The summed E-state index contributed by atoms with van der Waals surface area (Å²) in [5, 5.41) is 0. The Kier molecular flexibility index (Phi) is 4.34. The molecule has 1 unspecified atom stereocenters. The second-order valence-corrected chi connectivity index (χ2v) is 6.06. The van der Waals surface area contributed by atoms with E-state index in [4.69, 9.17) is 4.98 Å². The lowest BCUT2D eigenvalue weighted by molar-refractivity contribution is 0.312. The molecule has 3 heterocycles. The highest BCUT2D eigenvalue weighted by atomic mass is 15.2. The van der Waals surface area contributed by atoms with E-state index >= 15 is 0 Å². The summed E-state index contributed by atoms with van der Waals surface area (Å²) >= 11 is 0. The van der Waals surface area contributed by atoms with Crippen molar-refractivity contribution in [2.75, 3.05) is 13.1 Å². The molecule has 1 N–H and O–H groups in total. The molecule has 4 nitrogen and oxygen atoms in total. The van der Waals surface area contributed by atoms with Crippen molar-refractivity contribution in [1.29, 1.82) is 0 Å². The molecule has 0 aliphatic carbocycles. The van der Waals surface area contributed by atoms with Crippen molar-refractivity contribution in [3.05, 3.63) is 47.3 Å². The van der Waals surface area contributed by atoms with Crippen molar-refractivity contribution in [3.63, 3.8) is 0 Å². The van der Waals surface area contributed by atoms with E-state index in [0.717, 1.165) is 31.1 Å². The molecular weight excluding hydrogens is 260 g/mol. The Balaban J connectivity index is 1.56. The van der Waals surface area contributed by atoms with Gasteiger partial charge in [-0.2, -0.15) is 0 Å². The van der Waals surface area contributed by atoms with Crippen LogP contribution in [0.25, 0.3) is 0 Å². The van der Waals surface area contributed by atoms with Gasteiger partial charge in [-0.1, -0.05) is 13.0 Å². The Bertz CT molecular complexity index is 576. The van der Waals surface area contributed by atoms with E-state index in [1.807, 2.05) is 18.5 Å². The van der Waals surface area contributed by atoms with Crippen LogP contribution in [0, 0.1) is 12.8 Å². The fraction of sp³-hybridized carbons (Fsp3) is 0.529.